The molecule has 4 aromatic rings. The van der Waals surface area contributed by atoms with Gasteiger partial charge in [0.2, 0.25) is 0 Å². The Kier molecular flexibility index (Phi) is 4.01. The molecule has 0 unspecified atom stereocenters. The predicted molar refractivity (Wildman–Crippen MR) is 103 cm³/mol. The fourth-order valence-corrected chi connectivity index (χ4v) is 3.34. The van der Waals surface area contributed by atoms with E-state index in [9.17, 15) is 0 Å². The molecule has 0 saturated carbocycles. The molecule has 1 aromatic heterocycles. The molecule has 25 heavy (non-hydrogen) atoms. The fraction of sp³-hybridized carbons (Fsp3) is 0.0455. The number of nitrogens with one attached hydrogen (secondary N) is 1. The molecule has 0 spiro atoms. The minimum Gasteiger partial charge on any atom is -0.354 e. The molecule has 3 aromatic carbocycles. The molecule has 1 heterocycles. The molecule has 0 aliphatic carbocycles. The number of hydrogen-bond donors (Lipinski definition) is 1. The molecule has 0 atom stereocenters. The SMILES string of the molecule is N#Cc1cccc(Cc2ccc3[nH]c(-c4ccccc4Cl)cc3c2)c1. The number of hydrogen-bond acceptors (Lipinski definition) is 1. The summed E-state index contributed by atoms with van der Waals surface area (Å²) in [6.45, 7) is 0. The highest BCUT2D eigenvalue weighted by Gasteiger charge is 2.07. The van der Waals surface area contributed by atoms with Gasteiger partial charge in [0.1, 0.15) is 0 Å². The van der Waals surface area contributed by atoms with Crippen LogP contribution in [-0.4, -0.2) is 4.98 Å². The molecule has 0 saturated heterocycles. The second-order valence-corrected chi connectivity index (χ2v) is 6.48. The number of fused-ring (bicyclic) bond motifs is 1. The average molecular weight is 343 g/mol. The summed E-state index contributed by atoms with van der Waals surface area (Å²) in [4.78, 5) is 3.43. The highest BCUT2D eigenvalue weighted by Crippen LogP contribution is 2.30. The Bertz CT molecular complexity index is 1100. The summed E-state index contributed by atoms with van der Waals surface area (Å²) in [6.07, 6.45) is 0.804. The highest BCUT2D eigenvalue weighted by molar-refractivity contribution is 6.33. The third-order valence-corrected chi connectivity index (χ3v) is 4.64. The Hall–Kier alpha value is -3.02. The van der Waals surface area contributed by atoms with Crippen LogP contribution in [0.15, 0.2) is 72.8 Å². The topological polar surface area (TPSA) is 39.6 Å². The zero-order valence-corrected chi connectivity index (χ0v) is 14.2. The summed E-state index contributed by atoms with van der Waals surface area (Å²) in [7, 11) is 0. The zero-order valence-electron chi connectivity index (χ0n) is 13.5. The Morgan fingerprint density at radius 2 is 1.72 bits per heavy atom. The molecular weight excluding hydrogens is 328 g/mol. The minimum absolute atomic E-state index is 0.696. The van der Waals surface area contributed by atoms with Gasteiger partial charge in [0.25, 0.3) is 0 Å². The van der Waals surface area contributed by atoms with Crippen LogP contribution in [-0.2, 0) is 6.42 Å². The van der Waals surface area contributed by atoms with Crippen molar-refractivity contribution in [3.05, 3.63) is 94.5 Å². The third-order valence-electron chi connectivity index (χ3n) is 4.31. The molecule has 120 valence electrons. The van der Waals surface area contributed by atoms with Crippen molar-refractivity contribution in [3.8, 4) is 17.3 Å². The molecule has 4 rings (SSSR count). The molecule has 0 fully saturated rings. The predicted octanol–water partition coefficient (Wildman–Crippen LogP) is 5.95. The van der Waals surface area contributed by atoms with E-state index in [4.69, 9.17) is 16.9 Å². The van der Waals surface area contributed by atoms with E-state index in [0.29, 0.717) is 5.56 Å². The number of halogens is 1. The third kappa shape index (κ3) is 3.15. The van der Waals surface area contributed by atoms with Crippen molar-refractivity contribution in [1.82, 2.24) is 4.98 Å². The quantitative estimate of drug-likeness (QED) is 0.491. The van der Waals surface area contributed by atoms with Gasteiger partial charge in [-0.15, -0.1) is 0 Å². The molecule has 1 N–H and O–H groups in total. The van der Waals surface area contributed by atoms with Crippen molar-refractivity contribution in [1.29, 1.82) is 5.26 Å². The molecule has 0 bridgehead atoms. The molecule has 0 aliphatic heterocycles. The maximum atomic E-state index is 9.04. The first-order valence-electron chi connectivity index (χ1n) is 8.08. The van der Waals surface area contributed by atoms with E-state index < -0.39 is 0 Å². The van der Waals surface area contributed by atoms with Gasteiger partial charge in [-0.3, -0.25) is 0 Å². The minimum atomic E-state index is 0.696. The summed E-state index contributed by atoms with van der Waals surface area (Å²) in [5, 5.41) is 10.9. The molecule has 0 radical (unpaired) electrons. The van der Waals surface area contributed by atoms with Gasteiger partial charge in [0.05, 0.1) is 11.6 Å². The summed E-state index contributed by atoms with van der Waals surface area (Å²) in [5.74, 6) is 0. The van der Waals surface area contributed by atoms with Crippen LogP contribution in [0.4, 0.5) is 0 Å². The smallest absolute Gasteiger partial charge is 0.0991 e. The van der Waals surface area contributed by atoms with Gasteiger partial charge >= 0.3 is 0 Å². The number of nitrogens with zero attached hydrogens (tertiary/aromatic N) is 1. The van der Waals surface area contributed by atoms with Crippen LogP contribution in [0.25, 0.3) is 22.2 Å². The number of nitriles is 1. The van der Waals surface area contributed by atoms with Crippen LogP contribution < -0.4 is 0 Å². The molecule has 0 aliphatic rings. The fourth-order valence-electron chi connectivity index (χ4n) is 3.10. The van der Waals surface area contributed by atoms with Gasteiger partial charge in [-0.05, 0) is 53.9 Å². The van der Waals surface area contributed by atoms with Crippen molar-refractivity contribution in [2.45, 2.75) is 6.42 Å². The van der Waals surface area contributed by atoms with Crippen molar-refractivity contribution in [2.24, 2.45) is 0 Å². The second-order valence-electron chi connectivity index (χ2n) is 6.07. The van der Waals surface area contributed by atoms with E-state index in [0.717, 1.165) is 39.2 Å². The van der Waals surface area contributed by atoms with Gasteiger partial charge in [-0.2, -0.15) is 5.26 Å². The lowest BCUT2D eigenvalue weighted by atomic mass is 10.0. The average Bonchev–Trinajstić information content (AvgIpc) is 3.05. The van der Waals surface area contributed by atoms with Crippen LogP contribution in [0, 0.1) is 11.3 Å². The van der Waals surface area contributed by atoms with Crippen LogP contribution in [0.2, 0.25) is 5.02 Å². The largest absolute Gasteiger partial charge is 0.354 e. The summed E-state index contributed by atoms with van der Waals surface area (Å²) < 4.78 is 0. The van der Waals surface area contributed by atoms with E-state index >= 15 is 0 Å². The molecule has 3 heteroatoms. The summed E-state index contributed by atoms with van der Waals surface area (Å²) in [6, 6.07) is 26.3. The molecule has 2 nitrogen and oxygen atoms in total. The van der Waals surface area contributed by atoms with Gasteiger partial charge in [-0.1, -0.05) is 48.0 Å². The van der Waals surface area contributed by atoms with Gasteiger partial charge in [-0.25, -0.2) is 0 Å². The number of rotatable bonds is 3. The number of aromatic nitrogens is 1. The maximum absolute atomic E-state index is 9.04. The van der Waals surface area contributed by atoms with E-state index in [1.54, 1.807) is 0 Å². The van der Waals surface area contributed by atoms with Crippen LogP contribution in [0.5, 0.6) is 0 Å². The molecule has 0 amide bonds. The monoisotopic (exact) mass is 342 g/mol. The zero-order chi connectivity index (χ0) is 17.2. The van der Waals surface area contributed by atoms with Crippen LogP contribution in [0.1, 0.15) is 16.7 Å². The van der Waals surface area contributed by atoms with Crippen LogP contribution >= 0.6 is 11.6 Å². The highest BCUT2D eigenvalue weighted by atomic mass is 35.5. The van der Waals surface area contributed by atoms with E-state index in [2.05, 4.69) is 41.4 Å². The Labute approximate surface area is 151 Å². The number of H-pyrrole nitrogens is 1. The van der Waals surface area contributed by atoms with Crippen molar-refractivity contribution in [2.75, 3.05) is 0 Å². The lowest BCUT2D eigenvalue weighted by Gasteiger charge is -2.03. The summed E-state index contributed by atoms with van der Waals surface area (Å²) in [5.41, 5.74) is 6.16. The first-order chi connectivity index (χ1) is 12.2. The lowest BCUT2D eigenvalue weighted by molar-refractivity contribution is 1.19. The normalized spacial score (nSPS) is 10.7. The van der Waals surface area contributed by atoms with Gasteiger partial charge < -0.3 is 4.98 Å². The standard InChI is InChI=1S/C22H15ClN2/c23-20-7-2-1-6-19(20)22-13-18-12-16(8-9-21(18)25-22)10-15-4-3-5-17(11-15)14-24/h1-9,11-13,25H,10H2. The van der Waals surface area contributed by atoms with E-state index in [-0.39, 0.29) is 0 Å². The molecular formula is C22H15ClN2. The maximum Gasteiger partial charge on any atom is 0.0991 e. The summed E-state index contributed by atoms with van der Waals surface area (Å²) >= 11 is 6.31. The Balaban J connectivity index is 1.69. The Morgan fingerprint density at radius 3 is 2.56 bits per heavy atom. The van der Waals surface area contributed by atoms with Crippen molar-refractivity contribution >= 4 is 22.5 Å². The van der Waals surface area contributed by atoms with Crippen LogP contribution in [0.3, 0.4) is 0 Å². The van der Waals surface area contributed by atoms with Gasteiger partial charge in [0, 0.05) is 27.2 Å². The van der Waals surface area contributed by atoms with Crippen molar-refractivity contribution < 1.29 is 0 Å². The number of benzene rings is 3. The van der Waals surface area contributed by atoms with E-state index in [1.165, 1.54) is 5.56 Å². The lowest BCUT2D eigenvalue weighted by Crippen LogP contribution is -1.88. The van der Waals surface area contributed by atoms with Gasteiger partial charge in [0.15, 0.2) is 0 Å². The Morgan fingerprint density at radius 1 is 0.880 bits per heavy atom. The van der Waals surface area contributed by atoms with Crippen molar-refractivity contribution in [3.63, 3.8) is 0 Å². The first-order valence-corrected chi connectivity index (χ1v) is 8.46. The first kappa shape index (κ1) is 15.5. The number of aromatic amines is 1. The van der Waals surface area contributed by atoms with E-state index in [1.807, 2.05) is 42.5 Å². The second kappa shape index (κ2) is 6.47.